The molecule has 1 aromatic heterocycles. The topological polar surface area (TPSA) is 103 Å². The molecule has 2 rings (SSSR count). The number of hydrogen-bond donors (Lipinski definition) is 1. The minimum atomic E-state index is -0.724. The summed E-state index contributed by atoms with van der Waals surface area (Å²) >= 11 is 4.14. The van der Waals surface area contributed by atoms with Crippen molar-refractivity contribution in [3.63, 3.8) is 0 Å². The van der Waals surface area contributed by atoms with Gasteiger partial charge >= 0.3 is 11.7 Å². The minimum Gasteiger partial charge on any atom is -0.465 e. The summed E-state index contributed by atoms with van der Waals surface area (Å²) in [5.41, 5.74) is -0.434. The maximum absolute atomic E-state index is 11.9. The Morgan fingerprint density at radius 2 is 2.38 bits per heavy atom. The molecule has 1 aliphatic rings. The van der Waals surface area contributed by atoms with Crippen molar-refractivity contribution < 1.29 is 19.2 Å². The first-order valence-corrected chi connectivity index (χ1v) is 6.75. The summed E-state index contributed by atoms with van der Waals surface area (Å²) < 4.78 is 4.50. The van der Waals surface area contributed by atoms with Gasteiger partial charge in [-0.2, -0.15) is 12.6 Å². The fourth-order valence-corrected chi connectivity index (χ4v) is 2.37. The zero-order valence-electron chi connectivity index (χ0n) is 11.2. The SMILES string of the molecule is COC(=O)c1cnc(N2CC(CS)CC2=O)c([N+](=O)[O-])c1. The highest BCUT2D eigenvalue weighted by Crippen LogP contribution is 2.32. The molecule has 1 atom stereocenters. The molecular formula is C12H13N3O5S. The molecule has 8 nitrogen and oxygen atoms in total. The van der Waals surface area contributed by atoms with E-state index in [1.165, 1.54) is 12.0 Å². The highest BCUT2D eigenvalue weighted by atomic mass is 32.1. The van der Waals surface area contributed by atoms with Gasteiger partial charge in [0.05, 0.1) is 17.6 Å². The number of aromatic nitrogens is 1. The van der Waals surface area contributed by atoms with Gasteiger partial charge in [-0.25, -0.2) is 9.78 Å². The average molecular weight is 311 g/mol. The molecule has 0 radical (unpaired) electrons. The van der Waals surface area contributed by atoms with E-state index in [2.05, 4.69) is 22.3 Å². The Morgan fingerprint density at radius 1 is 1.67 bits per heavy atom. The van der Waals surface area contributed by atoms with Gasteiger partial charge in [-0.1, -0.05) is 0 Å². The van der Waals surface area contributed by atoms with E-state index in [1.807, 2.05) is 0 Å². The number of carbonyl (C=O) groups is 2. The second-order valence-electron chi connectivity index (χ2n) is 4.57. The Kier molecular flexibility index (Phi) is 4.41. The van der Waals surface area contributed by atoms with Crippen LogP contribution in [0.5, 0.6) is 0 Å². The molecule has 0 aliphatic carbocycles. The van der Waals surface area contributed by atoms with Crippen LogP contribution in [0.2, 0.25) is 0 Å². The molecule has 1 fully saturated rings. The molecule has 1 saturated heterocycles. The van der Waals surface area contributed by atoms with Gasteiger partial charge in [0.25, 0.3) is 0 Å². The molecule has 0 aromatic carbocycles. The first-order chi connectivity index (χ1) is 9.97. The number of thiol groups is 1. The van der Waals surface area contributed by atoms with E-state index in [0.29, 0.717) is 12.3 Å². The van der Waals surface area contributed by atoms with Crippen LogP contribution in [0.15, 0.2) is 12.3 Å². The van der Waals surface area contributed by atoms with E-state index in [9.17, 15) is 19.7 Å². The number of hydrogen-bond acceptors (Lipinski definition) is 7. The van der Waals surface area contributed by atoms with E-state index in [0.717, 1.165) is 12.3 Å². The largest absolute Gasteiger partial charge is 0.465 e. The summed E-state index contributed by atoms with van der Waals surface area (Å²) in [6, 6.07) is 1.06. The Bertz CT molecular complexity index is 607. The number of nitro groups is 1. The van der Waals surface area contributed by atoms with Crippen LogP contribution in [0.4, 0.5) is 11.5 Å². The van der Waals surface area contributed by atoms with E-state index in [1.54, 1.807) is 0 Å². The van der Waals surface area contributed by atoms with Crippen molar-refractivity contribution in [1.29, 1.82) is 0 Å². The fourth-order valence-electron chi connectivity index (χ4n) is 2.13. The van der Waals surface area contributed by atoms with Crippen molar-refractivity contribution in [1.82, 2.24) is 4.98 Å². The summed E-state index contributed by atoms with van der Waals surface area (Å²) in [6.45, 7) is 0.327. The monoisotopic (exact) mass is 311 g/mol. The van der Waals surface area contributed by atoms with E-state index in [4.69, 9.17) is 0 Å². The van der Waals surface area contributed by atoms with Crippen LogP contribution in [0.3, 0.4) is 0 Å². The second kappa shape index (κ2) is 6.08. The Labute approximate surface area is 125 Å². The number of anilines is 1. The molecule has 1 aromatic rings. The lowest BCUT2D eigenvalue weighted by Crippen LogP contribution is -2.26. The molecule has 0 saturated carbocycles. The predicted molar refractivity (Wildman–Crippen MR) is 76.5 cm³/mol. The van der Waals surface area contributed by atoms with Gasteiger partial charge < -0.3 is 4.74 Å². The molecule has 9 heteroatoms. The number of amides is 1. The van der Waals surface area contributed by atoms with Crippen LogP contribution in [-0.2, 0) is 9.53 Å². The van der Waals surface area contributed by atoms with Gasteiger partial charge in [-0.3, -0.25) is 19.8 Å². The number of pyridine rings is 1. The zero-order valence-corrected chi connectivity index (χ0v) is 12.1. The summed E-state index contributed by atoms with van der Waals surface area (Å²) in [4.78, 5) is 39.0. The van der Waals surface area contributed by atoms with Gasteiger partial charge in [0.2, 0.25) is 11.7 Å². The molecule has 0 spiro atoms. The number of methoxy groups -OCH3 is 1. The van der Waals surface area contributed by atoms with Crippen molar-refractivity contribution in [2.45, 2.75) is 6.42 Å². The Hall–Kier alpha value is -2.16. The van der Waals surface area contributed by atoms with Crippen molar-refractivity contribution in [3.05, 3.63) is 27.9 Å². The lowest BCUT2D eigenvalue weighted by molar-refractivity contribution is -0.384. The number of esters is 1. The first kappa shape index (κ1) is 15.2. The molecule has 112 valence electrons. The van der Waals surface area contributed by atoms with Crippen LogP contribution in [0, 0.1) is 16.0 Å². The van der Waals surface area contributed by atoms with Gasteiger partial charge in [0, 0.05) is 25.2 Å². The molecule has 1 aliphatic heterocycles. The lowest BCUT2D eigenvalue weighted by Gasteiger charge is -2.15. The standard InChI is InChI=1S/C12H13N3O5S/c1-20-12(17)8-3-9(15(18)19)11(13-4-8)14-5-7(6-21)2-10(14)16/h3-4,7,21H,2,5-6H2,1H3. The lowest BCUT2D eigenvalue weighted by atomic mass is 10.1. The van der Waals surface area contributed by atoms with Gasteiger partial charge in [0.1, 0.15) is 0 Å². The predicted octanol–water partition coefficient (Wildman–Crippen LogP) is 1.06. The fraction of sp³-hybridized carbons (Fsp3) is 0.417. The van der Waals surface area contributed by atoms with Crippen LogP contribution < -0.4 is 4.90 Å². The third-order valence-electron chi connectivity index (χ3n) is 3.18. The normalized spacial score (nSPS) is 17.9. The molecular weight excluding hydrogens is 298 g/mol. The number of ether oxygens (including phenoxy) is 1. The Balaban J connectivity index is 2.42. The molecule has 1 amide bonds. The maximum Gasteiger partial charge on any atom is 0.339 e. The van der Waals surface area contributed by atoms with E-state index >= 15 is 0 Å². The number of nitrogens with zero attached hydrogens (tertiary/aromatic N) is 3. The van der Waals surface area contributed by atoms with Crippen molar-refractivity contribution >= 4 is 36.0 Å². The van der Waals surface area contributed by atoms with Gasteiger partial charge in [0.15, 0.2) is 0 Å². The maximum atomic E-state index is 11.9. The number of carbonyl (C=O) groups excluding carboxylic acids is 2. The Morgan fingerprint density at radius 3 is 2.90 bits per heavy atom. The van der Waals surface area contributed by atoms with E-state index < -0.39 is 16.6 Å². The van der Waals surface area contributed by atoms with Crippen LogP contribution in [0.1, 0.15) is 16.8 Å². The van der Waals surface area contributed by atoms with Gasteiger partial charge in [-0.15, -0.1) is 0 Å². The third kappa shape index (κ3) is 2.97. The molecule has 0 N–H and O–H groups in total. The molecule has 2 heterocycles. The van der Waals surface area contributed by atoms with E-state index in [-0.39, 0.29) is 29.6 Å². The van der Waals surface area contributed by atoms with Crippen molar-refractivity contribution in [2.75, 3.05) is 24.3 Å². The first-order valence-electron chi connectivity index (χ1n) is 6.12. The highest BCUT2D eigenvalue weighted by Gasteiger charge is 2.35. The average Bonchev–Trinajstić information content (AvgIpc) is 2.86. The minimum absolute atomic E-state index is 0.0301. The van der Waals surface area contributed by atoms with Crippen molar-refractivity contribution in [3.8, 4) is 0 Å². The van der Waals surface area contributed by atoms with Crippen LogP contribution in [-0.4, -0.2) is 41.2 Å². The molecule has 1 unspecified atom stereocenters. The summed E-state index contributed by atoms with van der Waals surface area (Å²) in [5, 5.41) is 11.2. The second-order valence-corrected chi connectivity index (χ2v) is 4.94. The quantitative estimate of drug-likeness (QED) is 0.386. The summed E-state index contributed by atoms with van der Waals surface area (Å²) in [7, 11) is 1.17. The molecule has 0 bridgehead atoms. The summed E-state index contributed by atoms with van der Waals surface area (Å²) in [6.07, 6.45) is 1.44. The zero-order chi connectivity index (χ0) is 15.6. The molecule has 21 heavy (non-hydrogen) atoms. The summed E-state index contributed by atoms with van der Waals surface area (Å²) in [5.74, 6) is -0.478. The highest BCUT2D eigenvalue weighted by molar-refractivity contribution is 7.80. The van der Waals surface area contributed by atoms with Crippen LogP contribution >= 0.6 is 12.6 Å². The van der Waals surface area contributed by atoms with Gasteiger partial charge in [-0.05, 0) is 11.7 Å². The third-order valence-corrected chi connectivity index (χ3v) is 3.70. The van der Waals surface area contributed by atoms with Crippen LogP contribution in [0.25, 0.3) is 0 Å². The number of rotatable bonds is 4. The van der Waals surface area contributed by atoms with Crippen molar-refractivity contribution in [2.24, 2.45) is 5.92 Å². The smallest absolute Gasteiger partial charge is 0.339 e.